The Bertz CT molecular complexity index is 738. The van der Waals surface area contributed by atoms with E-state index in [0.717, 1.165) is 5.56 Å². The monoisotopic (exact) mass is 317 g/mol. The fraction of sp³-hybridized carbons (Fsp3) is 0.471. The van der Waals surface area contributed by atoms with Crippen molar-refractivity contribution >= 4 is 12.6 Å². The van der Waals surface area contributed by atoms with Crippen LogP contribution in [0, 0.1) is 19.7 Å². The standard InChI is InChI=1S/C17H21BFNO3/c1-10-7-8-13(19)12(9-10)15-14(11(2)21-20-15)18-22-16(3,4)17(5,6)23-18/h7-9H,1-6H3. The lowest BCUT2D eigenvalue weighted by Crippen LogP contribution is -2.41. The number of hydrogen-bond acceptors (Lipinski definition) is 4. The van der Waals surface area contributed by atoms with E-state index in [4.69, 9.17) is 13.8 Å². The lowest BCUT2D eigenvalue weighted by molar-refractivity contribution is 0.00578. The summed E-state index contributed by atoms with van der Waals surface area (Å²) in [6.07, 6.45) is 0. The number of benzene rings is 1. The van der Waals surface area contributed by atoms with Crippen LogP contribution >= 0.6 is 0 Å². The molecule has 1 aromatic carbocycles. The van der Waals surface area contributed by atoms with Crippen LogP contribution in [0.4, 0.5) is 4.39 Å². The van der Waals surface area contributed by atoms with Gasteiger partial charge in [-0.25, -0.2) is 4.39 Å². The maximum absolute atomic E-state index is 14.3. The summed E-state index contributed by atoms with van der Waals surface area (Å²) in [4.78, 5) is 0. The van der Waals surface area contributed by atoms with Crippen LogP contribution in [0.1, 0.15) is 39.0 Å². The van der Waals surface area contributed by atoms with Crippen molar-refractivity contribution in [3.05, 3.63) is 35.3 Å². The molecular weight excluding hydrogens is 296 g/mol. The van der Waals surface area contributed by atoms with E-state index in [2.05, 4.69) is 5.16 Å². The van der Waals surface area contributed by atoms with Crippen molar-refractivity contribution in [1.82, 2.24) is 5.16 Å². The van der Waals surface area contributed by atoms with Crippen LogP contribution in [0.2, 0.25) is 0 Å². The van der Waals surface area contributed by atoms with Crippen molar-refractivity contribution < 1.29 is 18.2 Å². The van der Waals surface area contributed by atoms with Gasteiger partial charge >= 0.3 is 7.12 Å². The second-order valence-corrected chi connectivity index (χ2v) is 7.07. The summed E-state index contributed by atoms with van der Waals surface area (Å²) in [6, 6.07) is 4.91. The van der Waals surface area contributed by atoms with Gasteiger partial charge in [0.2, 0.25) is 0 Å². The molecule has 1 aliphatic heterocycles. The normalized spacial score (nSPS) is 19.3. The number of aromatic nitrogens is 1. The van der Waals surface area contributed by atoms with Gasteiger partial charge in [-0.2, -0.15) is 0 Å². The summed E-state index contributed by atoms with van der Waals surface area (Å²) in [5.41, 5.74) is 1.46. The van der Waals surface area contributed by atoms with Crippen LogP contribution in [0.5, 0.6) is 0 Å². The smallest absolute Gasteiger partial charge is 0.399 e. The zero-order chi connectivity index (χ0) is 17.0. The van der Waals surface area contributed by atoms with Gasteiger partial charge in [0.1, 0.15) is 17.3 Å². The van der Waals surface area contributed by atoms with Gasteiger partial charge in [0, 0.05) is 5.56 Å². The van der Waals surface area contributed by atoms with Gasteiger partial charge in [-0.3, -0.25) is 0 Å². The second-order valence-electron chi connectivity index (χ2n) is 7.07. The molecule has 122 valence electrons. The number of rotatable bonds is 2. The van der Waals surface area contributed by atoms with Gasteiger partial charge in [-0.05, 0) is 53.7 Å². The fourth-order valence-corrected chi connectivity index (χ4v) is 2.63. The van der Waals surface area contributed by atoms with Crippen LogP contribution in [-0.2, 0) is 9.31 Å². The molecule has 6 heteroatoms. The third kappa shape index (κ3) is 2.60. The molecule has 0 atom stereocenters. The topological polar surface area (TPSA) is 44.5 Å². The number of hydrogen-bond donors (Lipinski definition) is 0. The predicted molar refractivity (Wildman–Crippen MR) is 87.1 cm³/mol. The van der Waals surface area contributed by atoms with Gasteiger partial charge in [-0.1, -0.05) is 16.8 Å². The van der Waals surface area contributed by atoms with Crippen molar-refractivity contribution in [3.63, 3.8) is 0 Å². The van der Waals surface area contributed by atoms with E-state index < -0.39 is 18.3 Å². The van der Waals surface area contributed by atoms with Crippen molar-refractivity contribution in [1.29, 1.82) is 0 Å². The van der Waals surface area contributed by atoms with Crippen molar-refractivity contribution in [2.24, 2.45) is 0 Å². The van der Waals surface area contributed by atoms with E-state index >= 15 is 0 Å². The first-order valence-corrected chi connectivity index (χ1v) is 7.71. The molecule has 3 rings (SSSR count). The molecule has 1 aliphatic rings. The van der Waals surface area contributed by atoms with E-state index in [0.29, 0.717) is 22.5 Å². The molecule has 0 unspecified atom stereocenters. The van der Waals surface area contributed by atoms with Gasteiger partial charge < -0.3 is 13.8 Å². The Morgan fingerprint density at radius 3 is 2.26 bits per heavy atom. The van der Waals surface area contributed by atoms with Crippen LogP contribution in [-0.4, -0.2) is 23.5 Å². The molecule has 23 heavy (non-hydrogen) atoms. The second kappa shape index (κ2) is 5.18. The fourth-order valence-electron chi connectivity index (χ4n) is 2.63. The van der Waals surface area contributed by atoms with Gasteiger partial charge in [0.25, 0.3) is 0 Å². The largest absolute Gasteiger partial charge is 0.500 e. The first-order chi connectivity index (χ1) is 10.6. The Balaban J connectivity index is 2.09. The van der Waals surface area contributed by atoms with Gasteiger partial charge in [0.05, 0.1) is 16.7 Å². The molecule has 1 saturated heterocycles. The third-order valence-corrected chi connectivity index (χ3v) is 4.77. The van der Waals surface area contributed by atoms with E-state index in [1.165, 1.54) is 6.07 Å². The molecule has 0 aliphatic carbocycles. The minimum Gasteiger partial charge on any atom is -0.399 e. The van der Waals surface area contributed by atoms with Crippen molar-refractivity contribution in [2.75, 3.05) is 0 Å². The quantitative estimate of drug-likeness (QED) is 0.797. The molecule has 0 N–H and O–H groups in total. The Morgan fingerprint density at radius 1 is 1.04 bits per heavy atom. The summed E-state index contributed by atoms with van der Waals surface area (Å²) in [6.45, 7) is 11.6. The van der Waals surface area contributed by atoms with Crippen LogP contribution < -0.4 is 5.46 Å². The van der Waals surface area contributed by atoms with E-state index in [1.807, 2.05) is 34.6 Å². The Hall–Kier alpha value is -1.66. The number of aryl methyl sites for hydroxylation is 2. The predicted octanol–water partition coefficient (Wildman–Crippen LogP) is 3.40. The van der Waals surface area contributed by atoms with Crippen LogP contribution in [0.3, 0.4) is 0 Å². The first kappa shape index (κ1) is 16.2. The molecule has 0 radical (unpaired) electrons. The van der Waals surface area contributed by atoms with E-state index in [-0.39, 0.29) is 5.82 Å². The Labute approximate surface area is 136 Å². The lowest BCUT2D eigenvalue weighted by atomic mass is 9.76. The summed E-state index contributed by atoms with van der Waals surface area (Å²) >= 11 is 0. The molecule has 1 aromatic heterocycles. The van der Waals surface area contributed by atoms with E-state index in [1.54, 1.807) is 19.1 Å². The summed E-state index contributed by atoms with van der Waals surface area (Å²) in [7, 11) is -0.638. The molecule has 2 heterocycles. The summed E-state index contributed by atoms with van der Waals surface area (Å²) < 4.78 is 31.7. The maximum atomic E-state index is 14.3. The molecule has 0 saturated carbocycles. The highest BCUT2D eigenvalue weighted by Crippen LogP contribution is 2.37. The Morgan fingerprint density at radius 2 is 1.65 bits per heavy atom. The van der Waals surface area contributed by atoms with Crippen molar-refractivity contribution in [2.45, 2.75) is 52.7 Å². The highest BCUT2D eigenvalue weighted by atomic mass is 19.1. The molecule has 1 fully saturated rings. The first-order valence-electron chi connectivity index (χ1n) is 7.71. The van der Waals surface area contributed by atoms with Crippen molar-refractivity contribution in [3.8, 4) is 11.3 Å². The third-order valence-electron chi connectivity index (χ3n) is 4.77. The molecule has 0 amide bonds. The minimum absolute atomic E-state index is 0.346. The number of halogens is 1. The molecule has 4 nitrogen and oxygen atoms in total. The highest BCUT2D eigenvalue weighted by Gasteiger charge is 2.53. The highest BCUT2D eigenvalue weighted by molar-refractivity contribution is 6.64. The zero-order valence-corrected chi connectivity index (χ0v) is 14.4. The summed E-state index contributed by atoms with van der Waals surface area (Å²) in [5.74, 6) is 0.223. The molecule has 2 aromatic rings. The van der Waals surface area contributed by atoms with Crippen LogP contribution in [0.15, 0.2) is 22.7 Å². The average Bonchev–Trinajstić information content (AvgIpc) is 2.90. The lowest BCUT2D eigenvalue weighted by Gasteiger charge is -2.32. The minimum atomic E-state index is -0.638. The Kier molecular flexibility index (Phi) is 3.65. The molecule has 0 spiro atoms. The average molecular weight is 317 g/mol. The SMILES string of the molecule is Cc1ccc(F)c(-c2noc(C)c2B2OC(C)(C)C(C)(C)O2)c1. The van der Waals surface area contributed by atoms with Gasteiger partial charge in [-0.15, -0.1) is 0 Å². The molecule has 0 bridgehead atoms. The number of nitrogens with zero attached hydrogens (tertiary/aromatic N) is 1. The zero-order valence-electron chi connectivity index (χ0n) is 14.4. The van der Waals surface area contributed by atoms with E-state index in [9.17, 15) is 4.39 Å². The van der Waals surface area contributed by atoms with Crippen LogP contribution in [0.25, 0.3) is 11.3 Å². The molecular formula is C17H21BFNO3. The van der Waals surface area contributed by atoms with Gasteiger partial charge in [0.15, 0.2) is 0 Å². The maximum Gasteiger partial charge on any atom is 0.500 e. The summed E-state index contributed by atoms with van der Waals surface area (Å²) in [5, 5.41) is 4.05.